The molecule has 0 bridgehead atoms. The molecule has 1 aliphatic rings. The molecule has 0 aromatic carbocycles. The molecule has 0 aromatic rings. The third kappa shape index (κ3) is 2.13. The van der Waals surface area contributed by atoms with E-state index in [-0.39, 0.29) is 11.7 Å². The normalized spacial score (nSPS) is 23.2. The van der Waals surface area contributed by atoms with E-state index in [0.29, 0.717) is 6.61 Å². The Labute approximate surface area is 88.9 Å². The van der Waals surface area contributed by atoms with Crippen molar-refractivity contribution in [2.75, 3.05) is 20.8 Å². The number of carbonyl (C=O) groups excluding carboxylic acids is 1. The minimum Gasteiger partial charge on any atom is -0.460 e. The number of rotatable bonds is 4. The highest BCUT2D eigenvalue weighted by Crippen LogP contribution is 2.35. The second-order valence-electron chi connectivity index (χ2n) is 3.15. The van der Waals surface area contributed by atoms with Crippen LogP contribution in [0.3, 0.4) is 0 Å². The molecule has 0 saturated heterocycles. The minimum atomic E-state index is -1.21. The summed E-state index contributed by atoms with van der Waals surface area (Å²) in [5, 5.41) is 0. The van der Waals surface area contributed by atoms with Crippen LogP contribution < -0.4 is 0 Å². The summed E-state index contributed by atoms with van der Waals surface area (Å²) in [7, 11) is 2.92. The maximum Gasteiger partial charge on any atom is 0.373 e. The van der Waals surface area contributed by atoms with E-state index >= 15 is 0 Å². The average Bonchev–Trinajstić information content (AvgIpc) is 2.57. The maximum atomic E-state index is 11.4. The van der Waals surface area contributed by atoms with Crippen LogP contribution in [0.15, 0.2) is 11.8 Å². The standard InChI is InChI=1S/C10H16O5/c1-5-14-9(11)8-6-7(2)10(12-3,13-4)15-8/h6-7H,5H2,1-4H3. The van der Waals surface area contributed by atoms with Crippen LogP contribution in [0, 0.1) is 5.92 Å². The Kier molecular flexibility index (Phi) is 3.71. The third-order valence-electron chi connectivity index (χ3n) is 2.26. The van der Waals surface area contributed by atoms with Crippen LogP contribution in [-0.2, 0) is 23.7 Å². The second-order valence-corrected chi connectivity index (χ2v) is 3.15. The molecule has 0 fully saturated rings. The minimum absolute atomic E-state index is 0.132. The molecule has 15 heavy (non-hydrogen) atoms. The smallest absolute Gasteiger partial charge is 0.373 e. The quantitative estimate of drug-likeness (QED) is 0.519. The van der Waals surface area contributed by atoms with Crippen molar-refractivity contribution in [3.05, 3.63) is 11.8 Å². The van der Waals surface area contributed by atoms with E-state index in [1.165, 1.54) is 14.2 Å². The van der Waals surface area contributed by atoms with Gasteiger partial charge in [-0.05, 0) is 19.9 Å². The molecule has 5 nitrogen and oxygen atoms in total. The molecule has 0 N–H and O–H groups in total. The lowest BCUT2D eigenvalue weighted by Crippen LogP contribution is -2.39. The monoisotopic (exact) mass is 216 g/mol. The summed E-state index contributed by atoms with van der Waals surface area (Å²) in [5.74, 6) is -1.75. The molecule has 1 unspecified atom stereocenters. The van der Waals surface area contributed by atoms with Crippen LogP contribution in [0.5, 0.6) is 0 Å². The first-order valence-corrected chi connectivity index (χ1v) is 4.78. The lowest BCUT2D eigenvalue weighted by atomic mass is 10.1. The van der Waals surface area contributed by atoms with Gasteiger partial charge in [-0.2, -0.15) is 0 Å². The van der Waals surface area contributed by atoms with Gasteiger partial charge in [-0.1, -0.05) is 0 Å². The highest BCUT2D eigenvalue weighted by molar-refractivity contribution is 5.86. The Bertz CT molecular complexity index is 267. The zero-order valence-corrected chi connectivity index (χ0v) is 9.40. The summed E-state index contributed by atoms with van der Waals surface area (Å²) in [6.07, 6.45) is 1.63. The van der Waals surface area contributed by atoms with Gasteiger partial charge in [0.05, 0.1) is 12.5 Å². The molecular weight excluding hydrogens is 200 g/mol. The Morgan fingerprint density at radius 2 is 2.13 bits per heavy atom. The molecule has 86 valence electrons. The largest absolute Gasteiger partial charge is 0.460 e. The Morgan fingerprint density at radius 1 is 1.53 bits per heavy atom. The zero-order valence-electron chi connectivity index (χ0n) is 9.40. The second kappa shape index (κ2) is 4.63. The van der Waals surface area contributed by atoms with Crippen molar-refractivity contribution >= 4 is 5.97 Å². The number of ether oxygens (including phenoxy) is 4. The highest BCUT2D eigenvalue weighted by atomic mass is 16.9. The number of hydrogen-bond acceptors (Lipinski definition) is 5. The predicted molar refractivity (Wildman–Crippen MR) is 51.7 cm³/mol. The zero-order chi connectivity index (χ0) is 11.5. The van der Waals surface area contributed by atoms with E-state index in [1.54, 1.807) is 13.0 Å². The molecule has 0 aromatic heterocycles. The molecule has 0 radical (unpaired) electrons. The fourth-order valence-corrected chi connectivity index (χ4v) is 1.46. The van der Waals surface area contributed by atoms with Crippen LogP contribution in [0.1, 0.15) is 13.8 Å². The highest BCUT2D eigenvalue weighted by Gasteiger charge is 2.46. The summed E-state index contributed by atoms with van der Waals surface area (Å²) in [6.45, 7) is 3.87. The Balaban J connectivity index is 2.75. The lowest BCUT2D eigenvalue weighted by Gasteiger charge is -2.29. The first-order chi connectivity index (χ1) is 7.09. The van der Waals surface area contributed by atoms with Crippen LogP contribution in [0.4, 0.5) is 0 Å². The molecule has 0 aliphatic carbocycles. The van der Waals surface area contributed by atoms with Gasteiger partial charge in [0.2, 0.25) is 5.76 Å². The van der Waals surface area contributed by atoms with Crippen molar-refractivity contribution in [2.45, 2.75) is 19.8 Å². The number of esters is 1. The van der Waals surface area contributed by atoms with Crippen molar-refractivity contribution < 1.29 is 23.7 Å². The van der Waals surface area contributed by atoms with Crippen LogP contribution in [0.2, 0.25) is 0 Å². The van der Waals surface area contributed by atoms with Gasteiger partial charge in [-0.25, -0.2) is 4.79 Å². The maximum absolute atomic E-state index is 11.4. The van der Waals surface area contributed by atoms with Gasteiger partial charge < -0.3 is 18.9 Å². The van der Waals surface area contributed by atoms with E-state index in [2.05, 4.69) is 0 Å². The van der Waals surface area contributed by atoms with Crippen molar-refractivity contribution in [1.29, 1.82) is 0 Å². The molecule has 1 aliphatic heterocycles. The Morgan fingerprint density at radius 3 is 2.53 bits per heavy atom. The van der Waals surface area contributed by atoms with Gasteiger partial charge in [0.25, 0.3) is 0 Å². The SMILES string of the molecule is CCOC(=O)C1=CC(C)C(OC)(OC)O1. The molecule has 1 rings (SSSR count). The summed E-state index contributed by atoms with van der Waals surface area (Å²) >= 11 is 0. The molecule has 0 saturated carbocycles. The van der Waals surface area contributed by atoms with Gasteiger partial charge in [0.1, 0.15) is 0 Å². The van der Waals surface area contributed by atoms with Crippen LogP contribution in [-0.4, -0.2) is 32.8 Å². The number of carbonyl (C=O) groups is 1. The number of methoxy groups -OCH3 is 2. The van der Waals surface area contributed by atoms with Gasteiger partial charge >= 0.3 is 11.9 Å². The topological polar surface area (TPSA) is 54.0 Å². The average molecular weight is 216 g/mol. The van der Waals surface area contributed by atoms with Crippen molar-refractivity contribution in [1.82, 2.24) is 0 Å². The summed E-state index contributed by atoms with van der Waals surface area (Å²) in [6, 6.07) is 0. The van der Waals surface area contributed by atoms with Gasteiger partial charge in [-0.3, -0.25) is 0 Å². The molecule has 0 spiro atoms. The molecule has 1 heterocycles. The fourth-order valence-electron chi connectivity index (χ4n) is 1.46. The fraction of sp³-hybridized carbons (Fsp3) is 0.700. The third-order valence-corrected chi connectivity index (χ3v) is 2.26. The van der Waals surface area contributed by atoms with E-state index in [4.69, 9.17) is 18.9 Å². The predicted octanol–water partition coefficient (Wildman–Crippen LogP) is 1.05. The van der Waals surface area contributed by atoms with Gasteiger partial charge in [0.15, 0.2) is 0 Å². The van der Waals surface area contributed by atoms with Gasteiger partial charge in [-0.15, -0.1) is 0 Å². The van der Waals surface area contributed by atoms with E-state index < -0.39 is 11.9 Å². The lowest BCUT2D eigenvalue weighted by molar-refractivity contribution is -0.352. The van der Waals surface area contributed by atoms with E-state index in [9.17, 15) is 4.79 Å². The summed E-state index contributed by atoms with van der Waals surface area (Å²) in [4.78, 5) is 11.4. The molecule has 0 amide bonds. The summed E-state index contributed by atoms with van der Waals surface area (Å²) < 4.78 is 20.4. The molecule has 1 atom stereocenters. The van der Waals surface area contributed by atoms with E-state index in [1.807, 2.05) is 6.92 Å². The first-order valence-electron chi connectivity index (χ1n) is 4.78. The van der Waals surface area contributed by atoms with E-state index in [0.717, 1.165) is 0 Å². The number of hydrogen-bond donors (Lipinski definition) is 0. The Hall–Kier alpha value is -1.07. The summed E-state index contributed by atoms with van der Waals surface area (Å²) in [5.41, 5.74) is 0. The van der Waals surface area contributed by atoms with Crippen molar-refractivity contribution in [3.8, 4) is 0 Å². The molecule has 5 heteroatoms. The van der Waals surface area contributed by atoms with Crippen molar-refractivity contribution in [2.24, 2.45) is 5.92 Å². The van der Waals surface area contributed by atoms with Gasteiger partial charge in [0, 0.05) is 14.2 Å². The molecular formula is C10H16O5. The van der Waals surface area contributed by atoms with Crippen LogP contribution in [0.25, 0.3) is 0 Å². The van der Waals surface area contributed by atoms with Crippen LogP contribution >= 0.6 is 0 Å². The first kappa shape index (κ1) is 12.0. The van der Waals surface area contributed by atoms with Crippen molar-refractivity contribution in [3.63, 3.8) is 0 Å².